The van der Waals surface area contributed by atoms with Crippen molar-refractivity contribution in [1.29, 1.82) is 0 Å². The van der Waals surface area contributed by atoms with Crippen LogP contribution in [0.2, 0.25) is 0 Å². The van der Waals surface area contributed by atoms with Crippen molar-refractivity contribution in [2.24, 2.45) is 5.41 Å². The highest BCUT2D eigenvalue weighted by Gasteiger charge is 2.21. The van der Waals surface area contributed by atoms with Gasteiger partial charge in [0.25, 0.3) is 0 Å². The molecule has 0 aliphatic carbocycles. The lowest BCUT2D eigenvalue weighted by atomic mass is 9.82. The first-order valence-corrected chi connectivity index (χ1v) is 3.71. The predicted octanol–water partition coefficient (Wildman–Crippen LogP) is 0.0339. The second-order valence-corrected chi connectivity index (χ2v) is 2.54. The average Bonchev–Trinajstić information content (AvgIpc) is 1.95. The van der Waals surface area contributed by atoms with Crippen LogP contribution >= 0.6 is 0 Å². The molecule has 0 aliphatic heterocycles. The lowest BCUT2D eigenvalue weighted by Crippen LogP contribution is -2.18. The first kappa shape index (κ1) is 17.7. The summed E-state index contributed by atoms with van der Waals surface area (Å²) in [6, 6.07) is 0. The molecule has 0 bridgehead atoms. The third kappa shape index (κ3) is 5.05. The molecule has 0 fully saturated rings. The monoisotopic (exact) mass is 188 g/mol. The van der Waals surface area contributed by atoms with E-state index >= 15 is 0 Å². The number of carbonyl (C=O) groups is 1. The summed E-state index contributed by atoms with van der Waals surface area (Å²) in [7, 11) is 0. The number of hydrogen-bond donors (Lipinski definition) is 0. The van der Waals surface area contributed by atoms with Crippen LogP contribution in [0.15, 0.2) is 0 Å². The summed E-state index contributed by atoms with van der Waals surface area (Å²) >= 11 is 0. The van der Waals surface area contributed by atoms with Crippen molar-refractivity contribution in [3.63, 3.8) is 0 Å². The fraction of sp³-hybridized carbons (Fsp3) is 0.875. The Morgan fingerprint density at radius 2 is 1.27 bits per heavy atom. The Morgan fingerprint density at radius 3 is 1.27 bits per heavy atom. The Kier molecular flexibility index (Phi) is 14.2. The first-order valence-electron chi connectivity index (χ1n) is 3.71. The summed E-state index contributed by atoms with van der Waals surface area (Å²) in [4.78, 5) is 10.5. The molecule has 0 rings (SSSR count). The Morgan fingerprint density at radius 1 is 1.00 bits per heavy atom. The van der Waals surface area contributed by atoms with E-state index in [1.807, 2.05) is 0 Å². The van der Waals surface area contributed by atoms with Gasteiger partial charge in [-0.3, -0.25) is 0 Å². The molecule has 66 valence electrons. The van der Waals surface area contributed by atoms with Crippen molar-refractivity contribution in [3.8, 4) is 0 Å². The molecule has 0 aromatic rings. The lowest BCUT2D eigenvalue weighted by Gasteiger charge is -2.21. The minimum atomic E-state index is -0.0139. The van der Waals surface area contributed by atoms with Crippen LogP contribution < -0.4 is 0 Å². The third-order valence-electron chi connectivity index (χ3n) is 2.36. The van der Waals surface area contributed by atoms with Crippen LogP contribution in [0.4, 0.5) is 0 Å². The Hall–Kier alpha value is 0.735. The van der Waals surface area contributed by atoms with Crippen molar-refractivity contribution in [1.82, 2.24) is 0 Å². The molecule has 0 saturated heterocycles. The summed E-state index contributed by atoms with van der Waals surface area (Å²) in [5.74, 6) is 0. The molecule has 0 aromatic carbocycles. The van der Waals surface area contributed by atoms with Gasteiger partial charge in [0.2, 0.25) is 0 Å². The van der Waals surface area contributed by atoms with Gasteiger partial charge in [-0.25, -0.2) is 0 Å². The van der Waals surface area contributed by atoms with Gasteiger partial charge in [-0.1, -0.05) is 20.8 Å². The van der Waals surface area contributed by atoms with Crippen LogP contribution in [0.5, 0.6) is 0 Å². The van der Waals surface area contributed by atoms with Crippen LogP contribution in [0.1, 0.15) is 40.0 Å². The average molecular weight is 188 g/mol. The Labute approximate surface area is 91.2 Å². The second kappa shape index (κ2) is 8.83. The molecule has 1 nitrogen and oxygen atoms in total. The van der Waals surface area contributed by atoms with Crippen molar-refractivity contribution in [2.45, 2.75) is 40.0 Å². The summed E-state index contributed by atoms with van der Waals surface area (Å²) in [6.07, 6.45) is 4.03. The highest BCUT2D eigenvalue weighted by molar-refractivity contribution is 5.76. The van der Waals surface area contributed by atoms with Gasteiger partial charge in [-0.15, -0.1) is 0 Å². The predicted molar refractivity (Wildman–Crippen MR) is 59.2 cm³/mol. The van der Waals surface area contributed by atoms with Gasteiger partial charge in [0, 0.05) is 5.41 Å². The van der Waals surface area contributed by atoms with Crippen molar-refractivity contribution >= 4 is 41.0 Å². The normalized spacial score (nSPS) is 9.36. The minimum absolute atomic E-state index is 0. The Bertz CT molecular complexity index is 81.8. The van der Waals surface area contributed by atoms with Gasteiger partial charge >= 0.3 is 0 Å². The third-order valence-corrected chi connectivity index (χ3v) is 2.36. The molecule has 0 radical (unpaired) electrons. The topological polar surface area (TPSA) is 17.1 Å². The van der Waals surface area contributed by atoms with E-state index in [-0.39, 0.29) is 40.1 Å². The molecular formula is C8H22Al2O. The number of aldehydes is 1. The molecule has 0 unspecified atom stereocenters. The quantitative estimate of drug-likeness (QED) is 0.449. The maximum atomic E-state index is 10.5. The minimum Gasteiger partial charge on any atom is -0.303 e. The first-order chi connectivity index (χ1) is 4.24. The van der Waals surface area contributed by atoms with Gasteiger partial charge in [0.15, 0.2) is 34.7 Å². The van der Waals surface area contributed by atoms with Crippen molar-refractivity contribution in [2.75, 3.05) is 0 Å². The second-order valence-electron chi connectivity index (χ2n) is 2.54. The number of hydrogen-bond acceptors (Lipinski definition) is 1. The molecule has 0 spiro atoms. The van der Waals surface area contributed by atoms with Crippen LogP contribution in [0.3, 0.4) is 0 Å². The maximum absolute atomic E-state index is 10.5. The van der Waals surface area contributed by atoms with E-state index in [0.29, 0.717) is 0 Å². The van der Waals surface area contributed by atoms with Crippen LogP contribution in [-0.4, -0.2) is 41.0 Å². The van der Waals surface area contributed by atoms with E-state index < -0.39 is 0 Å². The van der Waals surface area contributed by atoms with E-state index in [4.69, 9.17) is 0 Å². The van der Waals surface area contributed by atoms with Gasteiger partial charge in [0.1, 0.15) is 6.29 Å². The lowest BCUT2D eigenvalue weighted by molar-refractivity contribution is -0.116. The molecule has 0 heterocycles. The fourth-order valence-electron chi connectivity index (χ4n) is 1.00. The van der Waals surface area contributed by atoms with Gasteiger partial charge in [-0.05, 0) is 19.3 Å². The number of rotatable bonds is 4. The molecule has 0 N–H and O–H groups in total. The number of carbonyl (C=O) groups excluding carboxylic acids is 1. The molecule has 0 atom stereocenters. The zero-order chi connectivity index (χ0) is 7.33. The van der Waals surface area contributed by atoms with Gasteiger partial charge in [-0.2, -0.15) is 0 Å². The smallest absolute Gasteiger partial charge is 0.187 e. The molecule has 3 heteroatoms. The van der Waals surface area contributed by atoms with Crippen LogP contribution in [0, 0.1) is 5.41 Å². The SMILES string of the molecule is CCC(C=O)(CC)CC.[AlH3].[AlH3]. The van der Waals surface area contributed by atoms with E-state index in [1.165, 1.54) is 0 Å². The summed E-state index contributed by atoms with van der Waals surface area (Å²) in [5.41, 5.74) is -0.0139. The van der Waals surface area contributed by atoms with E-state index in [9.17, 15) is 4.79 Å². The molecule has 11 heavy (non-hydrogen) atoms. The van der Waals surface area contributed by atoms with E-state index in [0.717, 1.165) is 25.5 Å². The fourth-order valence-corrected chi connectivity index (χ4v) is 1.00. The summed E-state index contributed by atoms with van der Waals surface area (Å²) in [5, 5.41) is 0. The molecule has 0 amide bonds. The van der Waals surface area contributed by atoms with E-state index in [1.54, 1.807) is 0 Å². The summed E-state index contributed by atoms with van der Waals surface area (Å²) < 4.78 is 0. The maximum Gasteiger partial charge on any atom is 0.187 e. The van der Waals surface area contributed by atoms with Gasteiger partial charge < -0.3 is 4.79 Å². The molecule has 0 aromatic heterocycles. The zero-order valence-corrected chi connectivity index (χ0v) is 6.61. The zero-order valence-electron chi connectivity index (χ0n) is 6.61. The standard InChI is InChI=1S/C8H16O.2Al.6H/c1-4-8(5-2,6-3)7-9;;;;;;;;/h7H,4-6H2,1-3H3;;;;;;;;. The van der Waals surface area contributed by atoms with Crippen molar-refractivity contribution < 1.29 is 4.79 Å². The van der Waals surface area contributed by atoms with Crippen molar-refractivity contribution in [3.05, 3.63) is 0 Å². The van der Waals surface area contributed by atoms with E-state index in [2.05, 4.69) is 20.8 Å². The molecular weight excluding hydrogens is 166 g/mol. The van der Waals surface area contributed by atoms with Crippen LogP contribution in [0.25, 0.3) is 0 Å². The highest BCUT2D eigenvalue weighted by Crippen LogP contribution is 2.26. The van der Waals surface area contributed by atoms with Gasteiger partial charge in [0.05, 0.1) is 0 Å². The van der Waals surface area contributed by atoms with Crippen LogP contribution in [-0.2, 0) is 4.79 Å². The summed E-state index contributed by atoms with van der Waals surface area (Å²) in [6.45, 7) is 6.21. The highest BCUT2D eigenvalue weighted by atomic mass is 27.0. The molecule has 0 aliphatic rings. The molecule has 0 saturated carbocycles. The Balaban J connectivity index is -0.000000320. The largest absolute Gasteiger partial charge is 0.303 e.